The van der Waals surface area contributed by atoms with Crippen LogP contribution in [0.1, 0.15) is 51.4 Å². The van der Waals surface area contributed by atoms with Crippen molar-refractivity contribution in [3.8, 4) is 0 Å². The zero-order valence-corrected chi connectivity index (χ0v) is 16.5. The van der Waals surface area contributed by atoms with Gasteiger partial charge >= 0.3 is 0 Å². The van der Waals surface area contributed by atoms with Crippen LogP contribution in [0, 0.1) is 10.7 Å². The fourth-order valence-corrected chi connectivity index (χ4v) is 5.63. The van der Waals surface area contributed by atoms with Gasteiger partial charge in [-0.2, -0.15) is 0 Å². The fraction of sp³-hybridized carbons (Fsp3) is 0.895. The molecule has 4 heterocycles. The lowest BCUT2D eigenvalue weighted by Gasteiger charge is -2.28. The number of piperidine rings is 2. The Balaban J connectivity index is 1.41. The number of nitrogens with zero attached hydrogens (tertiary/aromatic N) is 5. The second kappa shape index (κ2) is 7.24. The van der Waals surface area contributed by atoms with E-state index < -0.39 is 0 Å². The molecule has 2 bridgehead atoms. The van der Waals surface area contributed by atoms with E-state index in [2.05, 4.69) is 19.0 Å². The second-order valence-corrected chi connectivity index (χ2v) is 8.99. The summed E-state index contributed by atoms with van der Waals surface area (Å²) < 4.78 is 11.1. The SMILES string of the molecule is S=c1n(CN2CC3CCC2C3)nc(N2CCCCC2)n1CC1CCCO1. The Morgan fingerprint density at radius 1 is 1.08 bits per heavy atom. The van der Waals surface area contributed by atoms with Crippen molar-refractivity contribution in [2.75, 3.05) is 31.1 Å². The molecule has 3 unspecified atom stereocenters. The summed E-state index contributed by atoms with van der Waals surface area (Å²) in [6, 6.07) is 0.753. The molecule has 4 fully saturated rings. The Kier molecular flexibility index (Phi) is 4.79. The van der Waals surface area contributed by atoms with Crippen LogP contribution >= 0.6 is 12.2 Å². The quantitative estimate of drug-likeness (QED) is 0.738. The van der Waals surface area contributed by atoms with Crippen LogP contribution < -0.4 is 4.90 Å². The van der Waals surface area contributed by atoms with Crippen molar-refractivity contribution in [2.24, 2.45) is 5.92 Å². The van der Waals surface area contributed by atoms with E-state index in [0.29, 0.717) is 6.10 Å². The van der Waals surface area contributed by atoms with Crippen molar-refractivity contribution in [2.45, 2.75) is 76.7 Å². The van der Waals surface area contributed by atoms with E-state index in [0.717, 1.165) is 62.0 Å². The van der Waals surface area contributed by atoms with Crippen molar-refractivity contribution in [1.82, 2.24) is 19.2 Å². The predicted molar refractivity (Wildman–Crippen MR) is 104 cm³/mol. The van der Waals surface area contributed by atoms with Gasteiger partial charge in [-0.25, -0.2) is 4.68 Å². The molecule has 7 heteroatoms. The molecule has 26 heavy (non-hydrogen) atoms. The number of rotatable bonds is 5. The Bertz CT molecular complexity index is 689. The molecular formula is C19H31N5OS. The number of hydrogen-bond acceptors (Lipinski definition) is 5. The minimum Gasteiger partial charge on any atom is -0.376 e. The molecule has 0 aromatic carbocycles. The number of aromatic nitrogens is 3. The number of fused-ring (bicyclic) bond motifs is 2. The van der Waals surface area contributed by atoms with Gasteiger partial charge in [0, 0.05) is 32.3 Å². The van der Waals surface area contributed by atoms with Gasteiger partial charge in [-0.15, -0.1) is 5.10 Å². The maximum Gasteiger partial charge on any atom is 0.226 e. The van der Waals surface area contributed by atoms with Crippen LogP contribution in [0.25, 0.3) is 0 Å². The van der Waals surface area contributed by atoms with E-state index in [-0.39, 0.29) is 0 Å². The van der Waals surface area contributed by atoms with E-state index in [9.17, 15) is 0 Å². The molecule has 1 aromatic rings. The molecule has 0 spiro atoms. The van der Waals surface area contributed by atoms with Gasteiger partial charge in [0.2, 0.25) is 10.7 Å². The average molecular weight is 378 g/mol. The van der Waals surface area contributed by atoms with Crippen molar-refractivity contribution < 1.29 is 4.74 Å². The van der Waals surface area contributed by atoms with Crippen LogP contribution in [0.5, 0.6) is 0 Å². The molecule has 1 saturated carbocycles. The van der Waals surface area contributed by atoms with Crippen molar-refractivity contribution in [3.05, 3.63) is 4.77 Å². The monoisotopic (exact) mass is 377 g/mol. The normalized spacial score (nSPS) is 32.0. The van der Waals surface area contributed by atoms with Crippen molar-refractivity contribution in [1.29, 1.82) is 0 Å². The summed E-state index contributed by atoms with van der Waals surface area (Å²) in [4.78, 5) is 5.05. The number of hydrogen-bond donors (Lipinski definition) is 0. The lowest BCUT2D eigenvalue weighted by molar-refractivity contribution is 0.0963. The first-order chi connectivity index (χ1) is 12.8. The van der Waals surface area contributed by atoms with Gasteiger partial charge in [0.15, 0.2) is 0 Å². The van der Waals surface area contributed by atoms with Gasteiger partial charge in [0.25, 0.3) is 0 Å². The van der Waals surface area contributed by atoms with E-state index in [1.54, 1.807) is 0 Å². The second-order valence-electron chi connectivity index (χ2n) is 8.62. The smallest absolute Gasteiger partial charge is 0.226 e. The largest absolute Gasteiger partial charge is 0.376 e. The summed E-state index contributed by atoms with van der Waals surface area (Å²) >= 11 is 5.89. The molecule has 4 aliphatic rings. The highest BCUT2D eigenvalue weighted by Gasteiger charge is 2.38. The highest BCUT2D eigenvalue weighted by atomic mass is 32.1. The molecule has 144 valence electrons. The van der Waals surface area contributed by atoms with E-state index in [1.165, 1.54) is 51.5 Å². The summed E-state index contributed by atoms with van der Waals surface area (Å²) in [7, 11) is 0. The number of ether oxygens (including phenoxy) is 1. The van der Waals surface area contributed by atoms with E-state index >= 15 is 0 Å². The molecule has 3 atom stereocenters. The molecular weight excluding hydrogens is 346 g/mol. The summed E-state index contributed by atoms with van der Waals surface area (Å²) in [5.74, 6) is 1.99. The predicted octanol–water partition coefficient (Wildman–Crippen LogP) is 3.03. The van der Waals surface area contributed by atoms with Gasteiger partial charge < -0.3 is 9.64 Å². The lowest BCUT2D eigenvalue weighted by atomic mass is 10.1. The minimum atomic E-state index is 0.297. The van der Waals surface area contributed by atoms with Crippen LogP contribution in [-0.2, 0) is 18.0 Å². The Labute approximate surface area is 161 Å². The molecule has 6 nitrogen and oxygen atoms in total. The van der Waals surface area contributed by atoms with Gasteiger partial charge in [0.1, 0.15) is 0 Å². The highest BCUT2D eigenvalue weighted by Crippen LogP contribution is 2.37. The van der Waals surface area contributed by atoms with Crippen LogP contribution in [0.15, 0.2) is 0 Å². The van der Waals surface area contributed by atoms with Gasteiger partial charge in [-0.05, 0) is 69.5 Å². The molecule has 5 rings (SSSR count). The zero-order valence-electron chi connectivity index (χ0n) is 15.7. The maximum absolute atomic E-state index is 5.90. The van der Waals surface area contributed by atoms with Gasteiger partial charge in [0.05, 0.1) is 19.3 Å². The third-order valence-electron chi connectivity index (χ3n) is 6.79. The van der Waals surface area contributed by atoms with Gasteiger partial charge in [-0.3, -0.25) is 9.47 Å². The van der Waals surface area contributed by atoms with Crippen LogP contribution in [0.3, 0.4) is 0 Å². The molecule has 3 saturated heterocycles. The number of anilines is 1. The van der Waals surface area contributed by atoms with E-state index in [1.807, 2.05) is 0 Å². The molecule has 1 aromatic heterocycles. The van der Waals surface area contributed by atoms with Crippen LogP contribution in [-0.4, -0.2) is 57.6 Å². The Hall–Kier alpha value is -0.920. The highest BCUT2D eigenvalue weighted by molar-refractivity contribution is 7.71. The topological polar surface area (TPSA) is 38.5 Å². The molecule has 1 aliphatic carbocycles. The molecule has 0 amide bonds. The summed E-state index contributed by atoms with van der Waals surface area (Å²) in [5.41, 5.74) is 0. The number of likely N-dealkylation sites (tertiary alicyclic amines) is 1. The van der Waals surface area contributed by atoms with Crippen LogP contribution in [0.4, 0.5) is 5.95 Å². The molecule has 0 radical (unpaired) electrons. The maximum atomic E-state index is 5.90. The lowest BCUT2D eigenvalue weighted by Crippen LogP contribution is -2.34. The van der Waals surface area contributed by atoms with Crippen LogP contribution in [0.2, 0.25) is 0 Å². The Morgan fingerprint density at radius 3 is 2.65 bits per heavy atom. The van der Waals surface area contributed by atoms with E-state index in [4.69, 9.17) is 22.1 Å². The molecule has 3 aliphatic heterocycles. The standard InChI is InChI=1S/C19H31N5OS/c26-19-23(13-17-5-4-10-25-17)18(21-8-2-1-3-9-21)20-24(19)14-22-12-15-6-7-16(22)11-15/h15-17H,1-14H2. The average Bonchev–Trinajstić information content (AvgIpc) is 3.45. The third kappa shape index (κ3) is 3.22. The first-order valence-corrected chi connectivity index (χ1v) is 11.0. The van der Waals surface area contributed by atoms with Crippen molar-refractivity contribution >= 4 is 18.2 Å². The third-order valence-corrected chi connectivity index (χ3v) is 7.22. The zero-order chi connectivity index (χ0) is 17.5. The van der Waals surface area contributed by atoms with Gasteiger partial charge in [-0.1, -0.05) is 0 Å². The Morgan fingerprint density at radius 2 is 1.96 bits per heavy atom. The minimum absolute atomic E-state index is 0.297. The summed E-state index contributed by atoms with van der Waals surface area (Å²) in [5, 5.41) is 5.03. The first-order valence-electron chi connectivity index (χ1n) is 10.6. The van der Waals surface area contributed by atoms with Crippen molar-refractivity contribution in [3.63, 3.8) is 0 Å². The first kappa shape index (κ1) is 17.2. The fourth-order valence-electron chi connectivity index (χ4n) is 5.37. The summed E-state index contributed by atoms with van der Waals surface area (Å²) in [6.45, 7) is 6.04. The summed E-state index contributed by atoms with van der Waals surface area (Å²) in [6.07, 6.45) is 10.6. The molecule has 0 N–H and O–H groups in total.